The molecule has 3 aliphatic rings. The first-order valence-corrected chi connectivity index (χ1v) is 12.3. The van der Waals surface area contributed by atoms with Crippen molar-refractivity contribution >= 4 is 35.1 Å². The van der Waals surface area contributed by atoms with Gasteiger partial charge in [0, 0.05) is 25.0 Å². The standard InChI is InChI=1S/C22H25N5O2S2/c1-25-20(14-26-10-12-29-13-11-26)23-24-22(25)30-15-21(28)27-16-6-2-4-8-18(16)31-19-9-5-3-7-17(19)27/h2-9,16,18H,10-15H2,1H3/t16-,18-/m1/s1. The molecule has 1 aliphatic carbocycles. The van der Waals surface area contributed by atoms with E-state index in [1.54, 1.807) is 0 Å². The minimum Gasteiger partial charge on any atom is -0.379 e. The van der Waals surface area contributed by atoms with Crippen molar-refractivity contribution in [2.75, 3.05) is 37.0 Å². The molecular formula is C22H25N5O2S2. The maximum absolute atomic E-state index is 13.4. The normalized spacial score (nSPS) is 22.9. The van der Waals surface area contributed by atoms with E-state index < -0.39 is 0 Å². The molecule has 1 amide bonds. The fourth-order valence-electron chi connectivity index (χ4n) is 4.04. The van der Waals surface area contributed by atoms with Gasteiger partial charge in [0.1, 0.15) is 5.82 Å². The number of nitrogens with zero attached hydrogens (tertiary/aromatic N) is 5. The van der Waals surface area contributed by atoms with Crippen molar-refractivity contribution in [3.63, 3.8) is 0 Å². The fourth-order valence-corrected chi connectivity index (χ4v) is 6.09. The van der Waals surface area contributed by atoms with E-state index in [9.17, 15) is 4.79 Å². The molecule has 0 spiro atoms. The summed E-state index contributed by atoms with van der Waals surface area (Å²) in [6.45, 7) is 4.08. The van der Waals surface area contributed by atoms with Gasteiger partial charge in [0.15, 0.2) is 5.16 Å². The smallest absolute Gasteiger partial charge is 0.238 e. The Bertz CT molecular complexity index is 1020. The number of morpholine rings is 1. The lowest BCUT2D eigenvalue weighted by Crippen LogP contribution is -2.48. The number of thioether (sulfide) groups is 2. The molecular weight excluding hydrogens is 430 g/mol. The molecule has 9 heteroatoms. The highest BCUT2D eigenvalue weighted by Crippen LogP contribution is 2.43. The monoisotopic (exact) mass is 455 g/mol. The molecule has 2 aromatic rings. The van der Waals surface area contributed by atoms with Gasteiger partial charge in [0.05, 0.1) is 42.5 Å². The van der Waals surface area contributed by atoms with Crippen LogP contribution in [0.2, 0.25) is 0 Å². The molecule has 0 N–H and O–H groups in total. The number of hydrogen-bond acceptors (Lipinski definition) is 7. The van der Waals surface area contributed by atoms with Crippen LogP contribution in [0.3, 0.4) is 0 Å². The van der Waals surface area contributed by atoms with Crippen LogP contribution in [0.1, 0.15) is 5.82 Å². The largest absolute Gasteiger partial charge is 0.379 e. The molecule has 0 bridgehead atoms. The summed E-state index contributed by atoms with van der Waals surface area (Å²) in [7, 11) is 1.97. The second kappa shape index (κ2) is 9.20. The third-order valence-electron chi connectivity index (χ3n) is 5.73. The molecule has 1 fully saturated rings. The van der Waals surface area contributed by atoms with Gasteiger partial charge in [-0.3, -0.25) is 9.69 Å². The third-order valence-corrected chi connectivity index (χ3v) is 8.04. The van der Waals surface area contributed by atoms with Gasteiger partial charge in [0.25, 0.3) is 0 Å². The molecule has 0 unspecified atom stereocenters. The topological polar surface area (TPSA) is 63.5 Å². The number of hydrogen-bond donors (Lipinski definition) is 0. The van der Waals surface area contributed by atoms with Crippen LogP contribution in [0.5, 0.6) is 0 Å². The summed E-state index contributed by atoms with van der Waals surface area (Å²) in [4.78, 5) is 18.8. The maximum Gasteiger partial charge on any atom is 0.238 e. The Kier molecular flexibility index (Phi) is 6.17. The van der Waals surface area contributed by atoms with Gasteiger partial charge in [-0.15, -0.1) is 22.0 Å². The van der Waals surface area contributed by atoms with Crippen molar-refractivity contribution in [2.24, 2.45) is 7.05 Å². The van der Waals surface area contributed by atoms with E-state index in [0.717, 1.165) is 54.4 Å². The summed E-state index contributed by atoms with van der Waals surface area (Å²) < 4.78 is 7.42. The maximum atomic E-state index is 13.4. The molecule has 162 valence electrons. The number of benzene rings is 1. The molecule has 31 heavy (non-hydrogen) atoms. The van der Waals surface area contributed by atoms with Crippen LogP contribution in [0.25, 0.3) is 0 Å². The predicted octanol–water partition coefficient (Wildman–Crippen LogP) is 2.74. The SMILES string of the molecule is Cn1c(CN2CCOCC2)nnc1SCC(=O)N1c2ccccc2S[C@@H]2C=CC=C[C@H]21. The molecule has 2 atom stereocenters. The van der Waals surface area contributed by atoms with Crippen LogP contribution in [0.4, 0.5) is 5.69 Å². The summed E-state index contributed by atoms with van der Waals surface area (Å²) in [6, 6.07) is 8.19. The predicted molar refractivity (Wildman–Crippen MR) is 123 cm³/mol. The number of carbonyl (C=O) groups excluding carboxylic acids is 1. The summed E-state index contributed by atoms with van der Waals surface area (Å²) >= 11 is 3.27. The minimum atomic E-state index is 0.0365. The summed E-state index contributed by atoms with van der Waals surface area (Å²) in [5.41, 5.74) is 0.991. The van der Waals surface area contributed by atoms with Crippen molar-refractivity contribution in [1.82, 2.24) is 19.7 Å². The van der Waals surface area contributed by atoms with Crippen LogP contribution in [0.15, 0.2) is 58.6 Å². The zero-order valence-electron chi connectivity index (χ0n) is 17.4. The first-order valence-electron chi connectivity index (χ1n) is 10.4. The average molecular weight is 456 g/mol. The quantitative estimate of drug-likeness (QED) is 0.643. The molecule has 1 saturated heterocycles. The number of rotatable bonds is 5. The average Bonchev–Trinajstić information content (AvgIpc) is 3.15. The van der Waals surface area contributed by atoms with Crippen molar-refractivity contribution in [3.05, 3.63) is 54.4 Å². The van der Waals surface area contributed by atoms with Crippen LogP contribution in [-0.2, 0) is 23.1 Å². The Labute approximate surface area is 190 Å². The first kappa shape index (κ1) is 20.8. The van der Waals surface area contributed by atoms with E-state index in [1.807, 2.05) is 52.6 Å². The Morgan fingerprint density at radius 3 is 2.87 bits per heavy atom. The number of carbonyl (C=O) groups is 1. The van der Waals surface area contributed by atoms with Crippen LogP contribution in [0, 0.1) is 0 Å². The second-order valence-corrected chi connectivity index (χ2v) is 9.87. The summed E-state index contributed by atoms with van der Waals surface area (Å²) in [5.74, 6) is 1.32. The number of allylic oxidation sites excluding steroid dienone is 2. The number of anilines is 1. The van der Waals surface area contributed by atoms with E-state index >= 15 is 0 Å². The van der Waals surface area contributed by atoms with E-state index in [4.69, 9.17) is 4.74 Å². The lowest BCUT2D eigenvalue weighted by molar-refractivity contribution is -0.116. The highest BCUT2D eigenvalue weighted by molar-refractivity contribution is 8.00. The molecule has 3 heterocycles. The third kappa shape index (κ3) is 4.32. The van der Waals surface area contributed by atoms with E-state index in [2.05, 4.69) is 39.4 Å². The van der Waals surface area contributed by atoms with E-state index in [1.165, 1.54) is 11.8 Å². The van der Waals surface area contributed by atoms with Crippen molar-refractivity contribution < 1.29 is 9.53 Å². The number of ether oxygens (including phenoxy) is 1. The molecule has 1 aromatic heterocycles. The Hall–Kier alpha value is -2.07. The summed E-state index contributed by atoms with van der Waals surface area (Å²) in [5, 5.41) is 9.71. The number of aromatic nitrogens is 3. The van der Waals surface area contributed by atoms with E-state index in [-0.39, 0.29) is 17.2 Å². The fraction of sp³-hybridized carbons (Fsp3) is 0.409. The van der Waals surface area contributed by atoms with Gasteiger partial charge >= 0.3 is 0 Å². The lowest BCUT2D eigenvalue weighted by atomic mass is 10.0. The zero-order chi connectivity index (χ0) is 21.2. The lowest BCUT2D eigenvalue weighted by Gasteiger charge is -2.40. The molecule has 5 rings (SSSR count). The van der Waals surface area contributed by atoms with Gasteiger partial charge in [-0.05, 0) is 12.1 Å². The Morgan fingerprint density at radius 1 is 1.19 bits per heavy atom. The Balaban J connectivity index is 1.29. The number of para-hydroxylation sites is 1. The van der Waals surface area contributed by atoms with Gasteiger partial charge in [0.2, 0.25) is 5.91 Å². The highest BCUT2D eigenvalue weighted by Gasteiger charge is 2.36. The van der Waals surface area contributed by atoms with E-state index in [0.29, 0.717) is 5.75 Å². The minimum absolute atomic E-state index is 0.0365. The van der Waals surface area contributed by atoms with Crippen molar-refractivity contribution in [3.8, 4) is 0 Å². The number of fused-ring (bicyclic) bond motifs is 2. The molecule has 2 aliphatic heterocycles. The molecule has 1 aromatic carbocycles. The second-order valence-electron chi connectivity index (χ2n) is 7.71. The van der Waals surface area contributed by atoms with Crippen molar-refractivity contribution in [1.29, 1.82) is 0 Å². The van der Waals surface area contributed by atoms with Gasteiger partial charge in [-0.1, -0.05) is 48.2 Å². The molecule has 7 nitrogen and oxygen atoms in total. The van der Waals surface area contributed by atoms with Crippen LogP contribution < -0.4 is 4.90 Å². The summed E-state index contributed by atoms with van der Waals surface area (Å²) in [6.07, 6.45) is 8.40. The number of amides is 1. The van der Waals surface area contributed by atoms with Crippen LogP contribution >= 0.6 is 23.5 Å². The van der Waals surface area contributed by atoms with Gasteiger partial charge in [-0.2, -0.15) is 0 Å². The first-order chi connectivity index (χ1) is 15.2. The Morgan fingerprint density at radius 2 is 2.00 bits per heavy atom. The van der Waals surface area contributed by atoms with Gasteiger partial charge in [-0.25, -0.2) is 0 Å². The highest BCUT2D eigenvalue weighted by atomic mass is 32.2. The van der Waals surface area contributed by atoms with Crippen LogP contribution in [-0.4, -0.2) is 68.9 Å². The van der Waals surface area contributed by atoms with Gasteiger partial charge < -0.3 is 14.2 Å². The zero-order valence-corrected chi connectivity index (χ0v) is 19.0. The van der Waals surface area contributed by atoms with Crippen molar-refractivity contribution in [2.45, 2.75) is 27.9 Å². The molecule has 0 radical (unpaired) electrons. The molecule has 0 saturated carbocycles.